The topological polar surface area (TPSA) is 80.5 Å². The maximum atomic E-state index is 5.61. The highest BCUT2D eigenvalue weighted by Gasteiger charge is 2.08. The molecule has 0 aromatic carbocycles. The standard InChI is InChI=1S/C6H6ClN5/c1-2-3-4(12-11-2)5(8)10-6(7)9-3/h1H3,(H,11,12)(H2,8,9,10). The van der Waals surface area contributed by atoms with Gasteiger partial charge in [-0.05, 0) is 18.5 Å². The van der Waals surface area contributed by atoms with Crippen LogP contribution in [0.2, 0.25) is 5.28 Å². The minimum absolute atomic E-state index is 0.143. The molecule has 0 aliphatic heterocycles. The molecular weight excluding hydrogens is 178 g/mol. The number of nitrogens with one attached hydrogen (secondary N) is 1. The molecule has 0 aliphatic rings. The predicted molar refractivity (Wildman–Crippen MR) is 45.8 cm³/mol. The number of H-pyrrole nitrogens is 1. The Morgan fingerprint density at radius 2 is 2.08 bits per heavy atom. The van der Waals surface area contributed by atoms with E-state index >= 15 is 0 Å². The Hall–Kier alpha value is -1.36. The van der Waals surface area contributed by atoms with Crippen LogP contribution >= 0.6 is 11.6 Å². The highest BCUT2D eigenvalue weighted by atomic mass is 35.5. The smallest absolute Gasteiger partial charge is 0.225 e. The summed E-state index contributed by atoms with van der Waals surface area (Å²) in [6.07, 6.45) is 0. The second-order valence-electron chi connectivity index (χ2n) is 2.42. The largest absolute Gasteiger partial charge is 0.382 e. The lowest BCUT2D eigenvalue weighted by Gasteiger charge is -1.93. The highest BCUT2D eigenvalue weighted by Crippen LogP contribution is 2.18. The fourth-order valence-corrected chi connectivity index (χ4v) is 1.18. The van der Waals surface area contributed by atoms with Crippen molar-refractivity contribution in [1.29, 1.82) is 0 Å². The van der Waals surface area contributed by atoms with E-state index in [1.807, 2.05) is 6.92 Å². The zero-order valence-corrected chi connectivity index (χ0v) is 7.05. The maximum Gasteiger partial charge on any atom is 0.225 e. The van der Waals surface area contributed by atoms with Crippen LogP contribution in [0.5, 0.6) is 0 Å². The van der Waals surface area contributed by atoms with Crippen molar-refractivity contribution in [3.05, 3.63) is 11.0 Å². The second kappa shape index (κ2) is 2.31. The van der Waals surface area contributed by atoms with Crippen LogP contribution in [0.3, 0.4) is 0 Å². The van der Waals surface area contributed by atoms with Gasteiger partial charge in [0.15, 0.2) is 11.3 Å². The second-order valence-corrected chi connectivity index (χ2v) is 2.76. The Morgan fingerprint density at radius 1 is 1.33 bits per heavy atom. The minimum atomic E-state index is 0.143. The quantitative estimate of drug-likeness (QED) is 0.595. The number of rotatable bonds is 0. The van der Waals surface area contributed by atoms with Crippen LogP contribution in [0.1, 0.15) is 5.69 Å². The number of aromatic amines is 1. The lowest BCUT2D eigenvalue weighted by Crippen LogP contribution is -1.94. The molecule has 5 nitrogen and oxygen atoms in total. The molecule has 0 radical (unpaired) electrons. The van der Waals surface area contributed by atoms with Gasteiger partial charge in [-0.25, -0.2) is 4.98 Å². The SMILES string of the molecule is Cc1[nH]nc2c(N)nc(Cl)nc12. The van der Waals surface area contributed by atoms with E-state index in [0.717, 1.165) is 5.69 Å². The summed E-state index contributed by atoms with van der Waals surface area (Å²) in [6, 6.07) is 0. The van der Waals surface area contributed by atoms with Gasteiger partial charge >= 0.3 is 0 Å². The first-order valence-corrected chi connectivity index (χ1v) is 3.70. The maximum absolute atomic E-state index is 5.61. The van der Waals surface area contributed by atoms with E-state index in [9.17, 15) is 0 Å². The van der Waals surface area contributed by atoms with Crippen LogP contribution < -0.4 is 5.73 Å². The average Bonchev–Trinajstić information content (AvgIpc) is 2.33. The molecule has 0 fully saturated rings. The fraction of sp³-hybridized carbons (Fsp3) is 0.167. The average molecular weight is 184 g/mol. The van der Waals surface area contributed by atoms with Crippen molar-refractivity contribution >= 4 is 28.5 Å². The Balaban J connectivity index is 2.92. The van der Waals surface area contributed by atoms with E-state index < -0.39 is 0 Å². The molecule has 2 aromatic heterocycles. The van der Waals surface area contributed by atoms with E-state index in [1.54, 1.807) is 0 Å². The molecule has 0 saturated carbocycles. The molecule has 2 aromatic rings. The van der Waals surface area contributed by atoms with Gasteiger partial charge in [-0.2, -0.15) is 10.1 Å². The summed E-state index contributed by atoms with van der Waals surface area (Å²) in [6.45, 7) is 1.85. The first-order valence-electron chi connectivity index (χ1n) is 3.32. The van der Waals surface area contributed by atoms with Gasteiger partial charge in [-0.1, -0.05) is 0 Å². The van der Waals surface area contributed by atoms with E-state index in [0.29, 0.717) is 16.9 Å². The van der Waals surface area contributed by atoms with Crippen LogP contribution in [0.4, 0.5) is 5.82 Å². The Bertz CT molecular complexity index is 435. The molecule has 2 heterocycles. The van der Waals surface area contributed by atoms with Crippen molar-refractivity contribution in [2.75, 3.05) is 5.73 Å². The number of nitrogen functional groups attached to an aromatic ring is 1. The number of hydrogen-bond donors (Lipinski definition) is 2. The van der Waals surface area contributed by atoms with Crippen molar-refractivity contribution in [3.8, 4) is 0 Å². The van der Waals surface area contributed by atoms with Crippen LogP contribution in [0.15, 0.2) is 0 Å². The lowest BCUT2D eigenvalue weighted by atomic mass is 10.3. The number of aromatic nitrogens is 4. The normalized spacial score (nSPS) is 10.8. The third kappa shape index (κ3) is 0.902. The Labute approximate surface area is 73.0 Å². The van der Waals surface area contributed by atoms with Crippen LogP contribution in [0, 0.1) is 6.92 Å². The predicted octanol–water partition coefficient (Wildman–Crippen LogP) is 0.897. The molecule has 0 unspecified atom stereocenters. The molecule has 0 spiro atoms. The van der Waals surface area contributed by atoms with Crippen LogP contribution in [0.25, 0.3) is 11.0 Å². The summed E-state index contributed by atoms with van der Waals surface area (Å²) in [5.74, 6) is 0.300. The Kier molecular flexibility index (Phi) is 1.41. The third-order valence-electron chi connectivity index (χ3n) is 1.57. The first-order chi connectivity index (χ1) is 5.68. The van der Waals surface area contributed by atoms with Gasteiger partial charge in [0.2, 0.25) is 5.28 Å². The molecule has 2 rings (SSSR count). The van der Waals surface area contributed by atoms with Crippen molar-refractivity contribution in [2.45, 2.75) is 6.92 Å². The van der Waals surface area contributed by atoms with E-state index in [-0.39, 0.29) is 5.28 Å². The van der Waals surface area contributed by atoms with Crippen molar-refractivity contribution < 1.29 is 0 Å². The monoisotopic (exact) mass is 183 g/mol. The van der Waals surface area contributed by atoms with E-state index in [2.05, 4.69) is 20.2 Å². The van der Waals surface area contributed by atoms with E-state index in [1.165, 1.54) is 0 Å². The molecule has 62 valence electrons. The van der Waals surface area contributed by atoms with Crippen molar-refractivity contribution in [1.82, 2.24) is 20.2 Å². The summed E-state index contributed by atoms with van der Waals surface area (Å²) in [4.78, 5) is 7.74. The van der Waals surface area contributed by atoms with Gasteiger partial charge in [0.25, 0.3) is 0 Å². The molecular formula is C6H6ClN5. The number of aryl methyl sites for hydroxylation is 1. The van der Waals surface area contributed by atoms with Crippen molar-refractivity contribution in [2.24, 2.45) is 0 Å². The fourth-order valence-electron chi connectivity index (χ4n) is 1.01. The molecule has 6 heteroatoms. The molecule has 3 N–H and O–H groups in total. The highest BCUT2D eigenvalue weighted by molar-refractivity contribution is 6.28. The van der Waals surface area contributed by atoms with Crippen LogP contribution in [-0.2, 0) is 0 Å². The minimum Gasteiger partial charge on any atom is -0.382 e. The van der Waals surface area contributed by atoms with Crippen LogP contribution in [-0.4, -0.2) is 20.2 Å². The van der Waals surface area contributed by atoms with Gasteiger partial charge in [0.1, 0.15) is 5.52 Å². The molecule has 0 saturated heterocycles. The van der Waals surface area contributed by atoms with Gasteiger partial charge in [0.05, 0.1) is 5.69 Å². The molecule has 0 amide bonds. The lowest BCUT2D eigenvalue weighted by molar-refractivity contribution is 1.07. The number of nitrogens with zero attached hydrogens (tertiary/aromatic N) is 3. The van der Waals surface area contributed by atoms with Crippen molar-refractivity contribution in [3.63, 3.8) is 0 Å². The molecule has 0 atom stereocenters. The summed E-state index contributed by atoms with van der Waals surface area (Å²) >= 11 is 5.61. The molecule has 12 heavy (non-hydrogen) atoms. The molecule has 0 bridgehead atoms. The summed E-state index contributed by atoms with van der Waals surface area (Å²) in [5.41, 5.74) is 7.63. The van der Waals surface area contributed by atoms with Gasteiger partial charge in [0, 0.05) is 0 Å². The van der Waals surface area contributed by atoms with Gasteiger partial charge < -0.3 is 5.73 Å². The summed E-state index contributed by atoms with van der Waals surface area (Å²) < 4.78 is 0. The third-order valence-corrected chi connectivity index (χ3v) is 1.74. The number of anilines is 1. The number of halogens is 1. The molecule has 0 aliphatic carbocycles. The zero-order chi connectivity index (χ0) is 8.72. The summed E-state index contributed by atoms with van der Waals surface area (Å²) in [7, 11) is 0. The van der Waals surface area contributed by atoms with Gasteiger partial charge in [-0.3, -0.25) is 5.10 Å². The first kappa shape index (κ1) is 7.30. The van der Waals surface area contributed by atoms with Gasteiger partial charge in [-0.15, -0.1) is 0 Å². The summed E-state index contributed by atoms with van der Waals surface area (Å²) in [5, 5.41) is 6.82. The number of hydrogen-bond acceptors (Lipinski definition) is 4. The number of fused-ring (bicyclic) bond motifs is 1. The Morgan fingerprint density at radius 3 is 2.83 bits per heavy atom. The van der Waals surface area contributed by atoms with E-state index in [4.69, 9.17) is 17.3 Å². The zero-order valence-electron chi connectivity index (χ0n) is 6.30. The number of nitrogens with two attached hydrogens (primary N) is 1.